The lowest BCUT2D eigenvalue weighted by atomic mass is 10.3. The molecule has 0 unspecified atom stereocenters. The van der Waals surface area contributed by atoms with E-state index in [2.05, 4.69) is 10.0 Å². The molecule has 0 atom stereocenters. The van der Waals surface area contributed by atoms with E-state index in [-0.39, 0.29) is 10.7 Å². The van der Waals surface area contributed by atoms with E-state index in [1.54, 1.807) is 0 Å². The van der Waals surface area contributed by atoms with E-state index in [1.807, 2.05) is 0 Å². The topological polar surface area (TPSA) is 61.4 Å². The van der Waals surface area contributed by atoms with Crippen molar-refractivity contribution in [1.82, 2.24) is 9.62 Å². The molecule has 2 rings (SSSR count). The fraction of sp³-hybridized carbons (Fsp3) is 0.538. The Hall–Kier alpha value is -0.890. The second-order valence-corrected chi connectivity index (χ2v) is 7.38. The molecule has 8 heteroatoms. The molecule has 1 aliphatic rings. The zero-order valence-corrected chi connectivity index (χ0v) is 13.3. The molecule has 0 aromatic heterocycles. The molecule has 0 radical (unpaired) electrons. The molecule has 1 aromatic carbocycles. The van der Waals surface area contributed by atoms with Crippen LogP contribution in [-0.4, -0.2) is 38.9 Å². The Balaban J connectivity index is 1.86. The molecule has 0 saturated heterocycles. The van der Waals surface area contributed by atoms with Gasteiger partial charge in [0.05, 0.1) is 5.69 Å². The predicted octanol–water partition coefficient (Wildman–Crippen LogP) is 2.21. The maximum Gasteiger partial charge on any atom is 0.301 e. The Morgan fingerprint density at radius 1 is 1.38 bits per heavy atom. The fourth-order valence-electron chi connectivity index (χ4n) is 1.86. The van der Waals surface area contributed by atoms with Crippen LogP contribution in [0.1, 0.15) is 19.3 Å². The predicted molar refractivity (Wildman–Crippen MR) is 82.2 cm³/mol. The first-order valence-electron chi connectivity index (χ1n) is 6.80. The Bertz CT molecular complexity index is 573. The molecule has 1 aromatic rings. The van der Waals surface area contributed by atoms with E-state index in [1.165, 1.54) is 30.3 Å². The van der Waals surface area contributed by atoms with Crippen molar-refractivity contribution < 1.29 is 12.8 Å². The van der Waals surface area contributed by atoms with Crippen molar-refractivity contribution in [3.63, 3.8) is 0 Å². The largest absolute Gasteiger partial charge is 0.314 e. The van der Waals surface area contributed by atoms with Crippen LogP contribution in [0.15, 0.2) is 18.2 Å². The summed E-state index contributed by atoms with van der Waals surface area (Å²) in [4.78, 5) is 0. The molecule has 0 amide bonds. The van der Waals surface area contributed by atoms with Crippen LogP contribution in [-0.2, 0) is 10.2 Å². The fourth-order valence-corrected chi connectivity index (χ4v) is 3.02. The number of nitrogens with zero attached hydrogens (tertiary/aromatic N) is 1. The molecule has 2 N–H and O–H groups in total. The first-order valence-corrected chi connectivity index (χ1v) is 8.62. The zero-order valence-electron chi connectivity index (χ0n) is 11.8. The quantitative estimate of drug-likeness (QED) is 0.716. The average Bonchev–Trinajstić information content (AvgIpc) is 3.16. The third-order valence-electron chi connectivity index (χ3n) is 3.18. The van der Waals surface area contributed by atoms with Crippen molar-refractivity contribution >= 4 is 27.5 Å². The molecule has 1 saturated carbocycles. The van der Waals surface area contributed by atoms with Gasteiger partial charge in [-0.15, -0.1) is 0 Å². The van der Waals surface area contributed by atoms with E-state index in [9.17, 15) is 12.8 Å². The lowest BCUT2D eigenvalue weighted by Crippen LogP contribution is -2.34. The number of hydrogen-bond acceptors (Lipinski definition) is 3. The highest BCUT2D eigenvalue weighted by atomic mass is 35.5. The summed E-state index contributed by atoms with van der Waals surface area (Å²) in [5.74, 6) is -0.587. The maximum atomic E-state index is 13.2. The number of benzene rings is 1. The summed E-state index contributed by atoms with van der Waals surface area (Å²) in [6.45, 7) is 1.18. The number of rotatable bonds is 8. The second kappa shape index (κ2) is 6.91. The highest BCUT2D eigenvalue weighted by Crippen LogP contribution is 2.20. The van der Waals surface area contributed by atoms with Crippen molar-refractivity contribution in [3.05, 3.63) is 29.0 Å². The third kappa shape index (κ3) is 5.43. The first kappa shape index (κ1) is 16.5. The smallest absolute Gasteiger partial charge is 0.301 e. The van der Waals surface area contributed by atoms with Crippen LogP contribution in [0.2, 0.25) is 5.02 Å². The van der Waals surface area contributed by atoms with Gasteiger partial charge in [0.2, 0.25) is 0 Å². The van der Waals surface area contributed by atoms with Gasteiger partial charge in [0.15, 0.2) is 0 Å². The van der Waals surface area contributed by atoms with Gasteiger partial charge in [0.1, 0.15) is 5.82 Å². The van der Waals surface area contributed by atoms with Crippen LogP contribution in [0.3, 0.4) is 0 Å². The van der Waals surface area contributed by atoms with Crippen LogP contribution in [0, 0.1) is 5.82 Å². The SMILES string of the molecule is CN(CCCNC1CC1)S(=O)(=O)Nc1cc(F)cc(Cl)c1. The lowest BCUT2D eigenvalue weighted by molar-refractivity contribution is 0.458. The summed E-state index contributed by atoms with van der Waals surface area (Å²) in [5, 5.41) is 3.46. The zero-order chi connectivity index (χ0) is 15.5. The second-order valence-electron chi connectivity index (χ2n) is 5.17. The average molecular weight is 336 g/mol. The van der Waals surface area contributed by atoms with Crippen LogP contribution in [0.4, 0.5) is 10.1 Å². The molecule has 1 aliphatic carbocycles. The van der Waals surface area contributed by atoms with Gasteiger partial charge in [-0.25, -0.2) is 4.39 Å². The molecule has 0 bridgehead atoms. The van der Waals surface area contributed by atoms with Gasteiger partial charge >= 0.3 is 10.2 Å². The minimum Gasteiger partial charge on any atom is -0.314 e. The van der Waals surface area contributed by atoms with Gasteiger partial charge in [-0.1, -0.05) is 11.6 Å². The Morgan fingerprint density at radius 3 is 2.71 bits per heavy atom. The molecule has 0 spiro atoms. The number of hydrogen-bond donors (Lipinski definition) is 2. The van der Waals surface area contributed by atoms with Gasteiger partial charge < -0.3 is 5.32 Å². The summed E-state index contributed by atoms with van der Waals surface area (Å²) in [5.41, 5.74) is 0.114. The number of nitrogens with one attached hydrogen (secondary N) is 2. The van der Waals surface area contributed by atoms with Crippen molar-refractivity contribution in [2.24, 2.45) is 0 Å². The van der Waals surface area contributed by atoms with Gasteiger partial charge in [-0.05, 0) is 44.0 Å². The van der Waals surface area contributed by atoms with Crippen molar-refractivity contribution in [3.8, 4) is 0 Å². The maximum absolute atomic E-state index is 13.2. The minimum absolute atomic E-state index is 0.114. The Labute approximate surface area is 129 Å². The van der Waals surface area contributed by atoms with E-state index in [4.69, 9.17) is 11.6 Å². The number of halogens is 2. The standard InChI is InChI=1S/C13H19ClFN3O2S/c1-18(6-2-5-16-12-3-4-12)21(19,20)17-13-8-10(14)7-11(15)9-13/h7-9,12,16-17H,2-6H2,1H3. The molecule has 118 valence electrons. The van der Waals surface area contributed by atoms with E-state index in [0.29, 0.717) is 12.6 Å². The lowest BCUT2D eigenvalue weighted by Gasteiger charge is -2.18. The van der Waals surface area contributed by atoms with Crippen LogP contribution in [0.25, 0.3) is 0 Å². The van der Waals surface area contributed by atoms with Crippen molar-refractivity contribution in [2.45, 2.75) is 25.3 Å². The van der Waals surface area contributed by atoms with E-state index < -0.39 is 16.0 Å². The highest BCUT2D eigenvalue weighted by molar-refractivity contribution is 7.90. The number of anilines is 1. The Kier molecular flexibility index (Phi) is 5.43. The molecule has 0 heterocycles. The summed E-state index contributed by atoms with van der Waals surface area (Å²) in [6.07, 6.45) is 3.13. The molecule has 21 heavy (non-hydrogen) atoms. The molecular weight excluding hydrogens is 317 g/mol. The summed E-state index contributed by atoms with van der Waals surface area (Å²) in [7, 11) is -2.22. The molecular formula is C13H19ClFN3O2S. The van der Waals surface area contributed by atoms with Gasteiger partial charge in [0, 0.05) is 24.7 Å². The monoisotopic (exact) mass is 335 g/mol. The summed E-state index contributed by atoms with van der Waals surface area (Å²) < 4.78 is 40.9. The van der Waals surface area contributed by atoms with E-state index in [0.717, 1.165) is 25.1 Å². The highest BCUT2D eigenvalue weighted by Gasteiger charge is 2.21. The first-order chi connectivity index (χ1) is 9.87. The van der Waals surface area contributed by atoms with Crippen molar-refractivity contribution in [2.75, 3.05) is 24.9 Å². The van der Waals surface area contributed by atoms with Gasteiger partial charge in [-0.2, -0.15) is 12.7 Å². The molecule has 1 fully saturated rings. The Morgan fingerprint density at radius 2 is 2.10 bits per heavy atom. The minimum atomic E-state index is -3.70. The summed E-state index contributed by atoms with van der Waals surface area (Å²) >= 11 is 5.70. The third-order valence-corrected chi connectivity index (χ3v) is 4.89. The van der Waals surface area contributed by atoms with Crippen LogP contribution >= 0.6 is 11.6 Å². The van der Waals surface area contributed by atoms with Crippen molar-refractivity contribution in [1.29, 1.82) is 0 Å². The van der Waals surface area contributed by atoms with Crippen LogP contribution < -0.4 is 10.0 Å². The van der Waals surface area contributed by atoms with Crippen LogP contribution in [0.5, 0.6) is 0 Å². The molecule has 0 aliphatic heterocycles. The van der Waals surface area contributed by atoms with Gasteiger partial charge in [0.25, 0.3) is 0 Å². The van der Waals surface area contributed by atoms with E-state index >= 15 is 0 Å². The molecule has 5 nitrogen and oxygen atoms in total. The normalized spacial score (nSPS) is 15.4. The summed E-state index contributed by atoms with van der Waals surface area (Å²) in [6, 6.07) is 4.18. The van der Waals surface area contributed by atoms with Gasteiger partial charge in [-0.3, -0.25) is 4.72 Å².